The lowest BCUT2D eigenvalue weighted by Crippen LogP contribution is -2.50. The molecule has 2 N–H and O–H groups in total. The van der Waals surface area contributed by atoms with E-state index in [9.17, 15) is 9.90 Å². The van der Waals surface area contributed by atoms with Gasteiger partial charge in [-0.1, -0.05) is 0 Å². The van der Waals surface area contributed by atoms with Crippen molar-refractivity contribution in [3.8, 4) is 0 Å². The van der Waals surface area contributed by atoms with Gasteiger partial charge in [-0.2, -0.15) is 0 Å². The van der Waals surface area contributed by atoms with Crippen LogP contribution in [0.4, 0.5) is 0 Å². The fourth-order valence-corrected chi connectivity index (χ4v) is 3.08. The van der Waals surface area contributed by atoms with Crippen molar-refractivity contribution in [3.63, 3.8) is 0 Å². The molecule has 1 saturated carbocycles. The standard InChI is InChI=1S/C11H19NO3/c1-12-6-7-2-3-9(13)4-8(7)5-10(12)11(14)15/h7-10,13H,2-6H2,1H3,(H,14,15)/t7-,8+,9-,10-/m0/s1. The summed E-state index contributed by atoms with van der Waals surface area (Å²) in [5.74, 6) is 0.274. The molecule has 0 amide bonds. The highest BCUT2D eigenvalue weighted by molar-refractivity contribution is 5.73. The van der Waals surface area contributed by atoms with Crippen molar-refractivity contribution in [1.82, 2.24) is 4.90 Å². The summed E-state index contributed by atoms with van der Waals surface area (Å²) in [6, 6.07) is -0.350. The van der Waals surface area contributed by atoms with Crippen LogP contribution in [0, 0.1) is 11.8 Å². The summed E-state index contributed by atoms with van der Waals surface area (Å²) in [6.07, 6.45) is 3.22. The van der Waals surface area contributed by atoms with E-state index in [1.807, 2.05) is 11.9 Å². The molecule has 2 aliphatic rings. The third-order valence-electron chi connectivity index (χ3n) is 3.98. The van der Waals surface area contributed by atoms with Crippen molar-refractivity contribution in [2.24, 2.45) is 11.8 Å². The molecule has 4 atom stereocenters. The molecule has 1 aliphatic carbocycles. The highest BCUT2D eigenvalue weighted by Crippen LogP contribution is 2.38. The van der Waals surface area contributed by atoms with Gasteiger partial charge in [0.05, 0.1) is 6.10 Å². The maximum absolute atomic E-state index is 11.0. The van der Waals surface area contributed by atoms with Gasteiger partial charge in [-0.3, -0.25) is 9.69 Å². The molecule has 2 fully saturated rings. The smallest absolute Gasteiger partial charge is 0.320 e. The third kappa shape index (κ3) is 2.16. The topological polar surface area (TPSA) is 60.8 Å². The highest BCUT2D eigenvalue weighted by atomic mass is 16.4. The van der Waals surface area contributed by atoms with E-state index in [-0.39, 0.29) is 12.1 Å². The van der Waals surface area contributed by atoms with E-state index < -0.39 is 5.97 Å². The van der Waals surface area contributed by atoms with Crippen LogP contribution in [0.25, 0.3) is 0 Å². The largest absolute Gasteiger partial charge is 0.480 e. The van der Waals surface area contributed by atoms with Crippen LogP contribution in [0.15, 0.2) is 0 Å². The predicted molar refractivity (Wildman–Crippen MR) is 55.5 cm³/mol. The zero-order valence-electron chi connectivity index (χ0n) is 9.09. The summed E-state index contributed by atoms with van der Waals surface area (Å²) in [7, 11) is 1.89. The summed E-state index contributed by atoms with van der Waals surface area (Å²) >= 11 is 0. The molecule has 0 spiro atoms. The van der Waals surface area contributed by atoms with Gasteiger partial charge in [0.2, 0.25) is 0 Å². The van der Waals surface area contributed by atoms with E-state index in [1.54, 1.807) is 0 Å². The van der Waals surface area contributed by atoms with Gasteiger partial charge in [0.15, 0.2) is 0 Å². The monoisotopic (exact) mass is 213 g/mol. The zero-order chi connectivity index (χ0) is 11.0. The maximum atomic E-state index is 11.0. The molecular weight excluding hydrogens is 194 g/mol. The molecule has 0 aromatic carbocycles. The molecule has 15 heavy (non-hydrogen) atoms. The number of carboxylic acid groups (broad SMARTS) is 1. The van der Waals surface area contributed by atoms with Crippen LogP contribution in [0.5, 0.6) is 0 Å². The van der Waals surface area contributed by atoms with Crippen molar-refractivity contribution in [2.75, 3.05) is 13.6 Å². The predicted octanol–water partition coefficient (Wildman–Crippen LogP) is 0.552. The highest BCUT2D eigenvalue weighted by Gasteiger charge is 2.39. The molecule has 4 heteroatoms. The number of carboxylic acids is 1. The van der Waals surface area contributed by atoms with Gasteiger partial charge < -0.3 is 10.2 Å². The Morgan fingerprint density at radius 2 is 2.00 bits per heavy atom. The molecule has 1 saturated heterocycles. The summed E-state index contributed by atoms with van der Waals surface area (Å²) in [6.45, 7) is 0.869. The van der Waals surface area contributed by atoms with Crippen molar-refractivity contribution < 1.29 is 15.0 Å². The van der Waals surface area contributed by atoms with Crippen molar-refractivity contribution in [2.45, 2.75) is 37.8 Å². The number of likely N-dealkylation sites (N-methyl/N-ethyl adjacent to an activating group) is 1. The molecule has 0 radical (unpaired) electrons. The minimum atomic E-state index is -0.726. The van der Waals surface area contributed by atoms with Crippen LogP contribution in [-0.4, -0.2) is 46.8 Å². The number of aliphatic hydroxyl groups is 1. The maximum Gasteiger partial charge on any atom is 0.320 e. The third-order valence-corrected chi connectivity index (χ3v) is 3.98. The van der Waals surface area contributed by atoms with Crippen LogP contribution < -0.4 is 0 Å². The summed E-state index contributed by atoms with van der Waals surface area (Å²) < 4.78 is 0. The van der Waals surface area contributed by atoms with Gasteiger partial charge in [-0.15, -0.1) is 0 Å². The van der Waals surface area contributed by atoms with Gasteiger partial charge in [-0.05, 0) is 44.6 Å². The van der Waals surface area contributed by atoms with E-state index in [2.05, 4.69) is 0 Å². The Bertz CT molecular complexity index is 256. The Hall–Kier alpha value is -0.610. The molecular formula is C11H19NO3. The summed E-state index contributed by atoms with van der Waals surface area (Å²) in [5.41, 5.74) is 0. The summed E-state index contributed by atoms with van der Waals surface area (Å²) in [4.78, 5) is 13.0. The molecule has 1 aliphatic heterocycles. The van der Waals surface area contributed by atoms with Gasteiger partial charge >= 0.3 is 5.97 Å². The minimum Gasteiger partial charge on any atom is -0.480 e. The number of fused-ring (bicyclic) bond motifs is 1. The number of nitrogens with zero attached hydrogens (tertiary/aromatic N) is 1. The number of aliphatic hydroxyl groups excluding tert-OH is 1. The molecule has 0 unspecified atom stereocenters. The lowest BCUT2D eigenvalue weighted by Gasteiger charge is -2.44. The van der Waals surface area contributed by atoms with E-state index in [0.717, 1.165) is 25.8 Å². The van der Waals surface area contributed by atoms with Crippen molar-refractivity contribution in [3.05, 3.63) is 0 Å². The molecule has 86 valence electrons. The molecule has 0 bridgehead atoms. The Morgan fingerprint density at radius 1 is 1.27 bits per heavy atom. The average Bonchev–Trinajstić information content (AvgIpc) is 2.17. The second-order valence-electron chi connectivity index (χ2n) is 5.02. The van der Waals surface area contributed by atoms with E-state index in [4.69, 9.17) is 5.11 Å². The van der Waals surface area contributed by atoms with Crippen molar-refractivity contribution >= 4 is 5.97 Å². The molecule has 4 nitrogen and oxygen atoms in total. The van der Waals surface area contributed by atoms with Crippen LogP contribution in [0.3, 0.4) is 0 Å². The van der Waals surface area contributed by atoms with Crippen LogP contribution in [0.1, 0.15) is 25.7 Å². The molecule has 0 aromatic heterocycles. The Kier molecular flexibility index (Phi) is 2.98. The second kappa shape index (κ2) is 4.10. The second-order valence-corrected chi connectivity index (χ2v) is 5.02. The minimum absolute atomic E-state index is 0.205. The fraction of sp³-hybridized carbons (Fsp3) is 0.909. The zero-order valence-corrected chi connectivity index (χ0v) is 9.09. The number of piperidine rings is 1. The first-order valence-electron chi connectivity index (χ1n) is 5.69. The number of carbonyl (C=O) groups is 1. The molecule has 0 aromatic rings. The first kappa shape index (κ1) is 10.9. The number of hydrogen-bond acceptors (Lipinski definition) is 3. The van der Waals surface area contributed by atoms with Crippen LogP contribution in [0.2, 0.25) is 0 Å². The Labute approximate surface area is 89.9 Å². The quantitative estimate of drug-likeness (QED) is 0.668. The number of likely N-dealkylation sites (tertiary alicyclic amines) is 1. The van der Waals surface area contributed by atoms with Gasteiger partial charge in [0.25, 0.3) is 0 Å². The number of aliphatic carboxylic acids is 1. The normalized spacial score (nSPS) is 42.3. The van der Waals surface area contributed by atoms with Crippen LogP contribution >= 0.6 is 0 Å². The van der Waals surface area contributed by atoms with Crippen LogP contribution in [-0.2, 0) is 4.79 Å². The van der Waals surface area contributed by atoms with E-state index in [0.29, 0.717) is 18.3 Å². The summed E-state index contributed by atoms with van der Waals surface area (Å²) in [5, 5.41) is 18.6. The first-order valence-corrected chi connectivity index (χ1v) is 5.69. The first-order chi connectivity index (χ1) is 7.08. The van der Waals surface area contributed by atoms with Gasteiger partial charge in [0.1, 0.15) is 6.04 Å². The molecule has 1 heterocycles. The fourth-order valence-electron chi connectivity index (χ4n) is 3.08. The van der Waals surface area contributed by atoms with Crippen molar-refractivity contribution in [1.29, 1.82) is 0 Å². The van der Waals surface area contributed by atoms with E-state index >= 15 is 0 Å². The Balaban J connectivity index is 2.03. The lowest BCUT2D eigenvalue weighted by molar-refractivity contribution is -0.146. The Morgan fingerprint density at radius 3 is 2.67 bits per heavy atom. The SMILES string of the molecule is CN1C[C@@H]2CC[C@H](O)C[C@@H]2C[C@H]1C(=O)O. The number of rotatable bonds is 1. The lowest BCUT2D eigenvalue weighted by atomic mass is 9.72. The van der Waals surface area contributed by atoms with E-state index in [1.165, 1.54) is 0 Å². The van der Waals surface area contributed by atoms with Gasteiger partial charge in [0, 0.05) is 6.54 Å². The number of hydrogen-bond donors (Lipinski definition) is 2. The molecule has 2 rings (SSSR count). The van der Waals surface area contributed by atoms with Gasteiger partial charge in [-0.25, -0.2) is 0 Å². The average molecular weight is 213 g/mol.